The van der Waals surface area contributed by atoms with E-state index in [-0.39, 0.29) is 5.41 Å². The molecule has 0 atom stereocenters. The number of rotatable bonds is 9. The van der Waals surface area contributed by atoms with Crippen molar-refractivity contribution in [2.75, 3.05) is 4.90 Å². The van der Waals surface area contributed by atoms with Gasteiger partial charge in [0.2, 0.25) is 0 Å². The molecule has 436 valence electrons. The second-order valence-electron chi connectivity index (χ2n) is 25.6. The number of para-hydroxylation sites is 6. The van der Waals surface area contributed by atoms with Gasteiger partial charge in [0.05, 0.1) is 44.5 Å². The summed E-state index contributed by atoms with van der Waals surface area (Å²) in [5.41, 5.74) is 26.0. The molecule has 93 heavy (non-hydrogen) atoms. The van der Waals surface area contributed by atoms with Gasteiger partial charge in [-0.2, -0.15) is 0 Å². The molecule has 15 aromatic carbocycles. The Morgan fingerprint density at radius 3 is 1.10 bits per heavy atom. The van der Waals surface area contributed by atoms with Crippen molar-refractivity contribution in [1.29, 1.82) is 0 Å². The summed E-state index contributed by atoms with van der Waals surface area (Å²) in [5, 5.41) is 12.2. The molecule has 3 heterocycles. The van der Waals surface area contributed by atoms with Crippen LogP contribution in [-0.4, -0.2) is 13.7 Å². The molecular weight excluding hydrogens is 1130 g/mol. The topological polar surface area (TPSA) is 18.0 Å². The highest BCUT2D eigenvalue weighted by Crippen LogP contribution is 2.54. The van der Waals surface area contributed by atoms with E-state index >= 15 is 0 Å². The van der Waals surface area contributed by atoms with Crippen molar-refractivity contribution in [1.82, 2.24) is 13.7 Å². The first-order chi connectivity index (χ1) is 45.9. The first-order valence-electron chi connectivity index (χ1n) is 32.3. The molecule has 18 aromatic rings. The highest BCUT2D eigenvalue weighted by Gasteiger charge is 2.37. The average molecular weight is 1190 g/mol. The predicted molar refractivity (Wildman–Crippen MR) is 393 cm³/mol. The van der Waals surface area contributed by atoms with Crippen LogP contribution in [0.2, 0.25) is 0 Å². The number of hydrogen-bond donors (Lipinski definition) is 0. The van der Waals surface area contributed by atoms with Gasteiger partial charge >= 0.3 is 0 Å². The Kier molecular flexibility index (Phi) is 11.7. The lowest BCUT2D eigenvalue weighted by Gasteiger charge is -2.31. The monoisotopic (exact) mass is 1180 g/mol. The quantitative estimate of drug-likeness (QED) is 0.141. The molecule has 0 fully saturated rings. The van der Waals surface area contributed by atoms with Crippen molar-refractivity contribution in [3.63, 3.8) is 0 Å². The summed E-state index contributed by atoms with van der Waals surface area (Å²) in [6, 6.07) is 122. The minimum absolute atomic E-state index is 0.323. The van der Waals surface area contributed by atoms with Crippen LogP contribution < -0.4 is 4.90 Å². The summed E-state index contributed by atoms with van der Waals surface area (Å²) in [5.74, 6) is 0. The maximum absolute atomic E-state index is 2.55. The second-order valence-corrected chi connectivity index (χ2v) is 25.6. The standard InChI is InChI=1S/C89H60N4/c1-89(2)79-54-58(57-40-48-86-77(52-57)74-33-17-20-36-82(74)90(86)61-22-6-3-7-23-61)38-43-69(79)70-45-42-64(56-80(70)89)93(84-50-46-65(67-28-12-14-30-71(67)84)59-41-49-87-78(53-59)75-34-18-21-37-83(75)91(87)62-24-8-4-9-25-62)85-51-47-66(68-29-13-15-31-72(68)85)60-39-44-76-73-32-16-19-35-81(73)92(88(76)55-60)63-26-10-5-11-27-63/h3-56H,1-2H3. The fourth-order valence-electron chi connectivity index (χ4n) is 15.9. The van der Waals surface area contributed by atoms with Crippen molar-refractivity contribution in [2.45, 2.75) is 19.3 Å². The lowest BCUT2D eigenvalue weighted by Crippen LogP contribution is -2.17. The van der Waals surface area contributed by atoms with Crippen LogP contribution in [0.25, 0.3) is 149 Å². The van der Waals surface area contributed by atoms with Crippen LogP contribution in [-0.2, 0) is 5.41 Å². The summed E-state index contributed by atoms with van der Waals surface area (Å²) in [7, 11) is 0. The lowest BCUT2D eigenvalue weighted by atomic mass is 9.81. The van der Waals surface area contributed by atoms with Crippen LogP contribution >= 0.6 is 0 Å². The molecule has 0 radical (unpaired) electrons. The molecule has 0 saturated carbocycles. The second kappa shape index (κ2) is 20.5. The fourth-order valence-corrected chi connectivity index (χ4v) is 15.9. The van der Waals surface area contributed by atoms with Crippen molar-refractivity contribution in [3.05, 3.63) is 339 Å². The summed E-state index contributed by atoms with van der Waals surface area (Å²) < 4.78 is 7.21. The molecule has 0 spiro atoms. The van der Waals surface area contributed by atoms with Gasteiger partial charge in [0.1, 0.15) is 0 Å². The fraction of sp³-hybridized carbons (Fsp3) is 0.0337. The van der Waals surface area contributed by atoms with E-state index in [4.69, 9.17) is 0 Å². The largest absolute Gasteiger partial charge is 0.309 e. The average Bonchev–Trinajstić information content (AvgIpc) is 1.69. The number of hydrogen-bond acceptors (Lipinski definition) is 1. The normalized spacial score (nSPS) is 12.7. The summed E-state index contributed by atoms with van der Waals surface area (Å²) in [6.45, 7) is 4.84. The summed E-state index contributed by atoms with van der Waals surface area (Å²) in [4.78, 5) is 2.55. The lowest BCUT2D eigenvalue weighted by molar-refractivity contribution is 0.660. The van der Waals surface area contributed by atoms with E-state index in [1.54, 1.807) is 0 Å². The van der Waals surface area contributed by atoms with E-state index < -0.39 is 0 Å². The van der Waals surface area contributed by atoms with Crippen LogP contribution in [0, 0.1) is 0 Å². The molecule has 4 heteroatoms. The number of nitrogens with zero attached hydrogens (tertiary/aromatic N) is 4. The molecule has 4 nitrogen and oxygen atoms in total. The number of benzene rings is 15. The van der Waals surface area contributed by atoms with Gasteiger partial charge in [0, 0.05) is 71.3 Å². The number of anilines is 3. The van der Waals surface area contributed by atoms with Crippen molar-refractivity contribution < 1.29 is 0 Å². The first-order valence-corrected chi connectivity index (χ1v) is 32.3. The maximum Gasteiger partial charge on any atom is 0.0547 e. The number of aromatic nitrogens is 3. The summed E-state index contributed by atoms with van der Waals surface area (Å²) in [6.07, 6.45) is 0. The van der Waals surface area contributed by atoms with Gasteiger partial charge in [-0.15, -0.1) is 0 Å². The van der Waals surface area contributed by atoms with E-state index in [0.29, 0.717) is 0 Å². The Hall–Kier alpha value is -12.0. The van der Waals surface area contributed by atoms with E-state index in [1.165, 1.54) is 143 Å². The van der Waals surface area contributed by atoms with Gasteiger partial charge in [-0.05, 0) is 182 Å². The molecule has 0 unspecified atom stereocenters. The highest BCUT2D eigenvalue weighted by molar-refractivity contribution is 6.16. The molecule has 0 saturated heterocycles. The van der Waals surface area contributed by atoms with Crippen molar-refractivity contribution >= 4 is 104 Å². The van der Waals surface area contributed by atoms with E-state index in [9.17, 15) is 0 Å². The Morgan fingerprint density at radius 2 is 0.570 bits per heavy atom. The Balaban J connectivity index is 0.778. The van der Waals surface area contributed by atoms with Gasteiger partial charge < -0.3 is 18.6 Å². The smallest absolute Gasteiger partial charge is 0.0547 e. The highest BCUT2D eigenvalue weighted by atomic mass is 15.1. The number of fused-ring (bicyclic) bond motifs is 14. The summed E-state index contributed by atoms with van der Waals surface area (Å²) >= 11 is 0. The van der Waals surface area contributed by atoms with Gasteiger partial charge in [-0.3, -0.25) is 0 Å². The first kappa shape index (κ1) is 52.9. The molecule has 1 aliphatic carbocycles. The van der Waals surface area contributed by atoms with Crippen LogP contribution in [0.1, 0.15) is 25.0 Å². The van der Waals surface area contributed by atoms with E-state index in [1.807, 2.05) is 0 Å². The van der Waals surface area contributed by atoms with E-state index in [0.717, 1.165) is 34.1 Å². The van der Waals surface area contributed by atoms with Crippen molar-refractivity contribution in [2.24, 2.45) is 0 Å². The molecule has 1 aliphatic rings. The van der Waals surface area contributed by atoms with Crippen LogP contribution in [0.3, 0.4) is 0 Å². The molecule has 0 N–H and O–H groups in total. The molecular formula is C89H60N4. The minimum atomic E-state index is -0.323. The van der Waals surface area contributed by atoms with Gasteiger partial charge in [0.25, 0.3) is 0 Å². The van der Waals surface area contributed by atoms with Crippen LogP contribution in [0.4, 0.5) is 17.1 Å². The van der Waals surface area contributed by atoms with Gasteiger partial charge in [-0.1, -0.05) is 226 Å². The van der Waals surface area contributed by atoms with Gasteiger partial charge in [0.15, 0.2) is 0 Å². The molecule has 0 amide bonds. The zero-order chi connectivity index (χ0) is 61.5. The predicted octanol–water partition coefficient (Wildman–Crippen LogP) is 24.1. The maximum atomic E-state index is 2.55. The SMILES string of the molecule is CC1(C)c2cc(-c3ccc4c(c3)c3ccccc3n4-c3ccccc3)ccc2-c2ccc(N(c3ccc(-c4ccc5c(c4)c4ccccc4n5-c4ccccc4)c4ccccc34)c3ccc(-c4ccc5c6ccccc6n(-c6ccccc6)c5c4)c4ccccc34)cc21. The molecule has 19 rings (SSSR count). The molecule has 0 bridgehead atoms. The Labute approximate surface area is 539 Å². The van der Waals surface area contributed by atoms with Crippen molar-refractivity contribution in [3.8, 4) is 61.6 Å². The zero-order valence-corrected chi connectivity index (χ0v) is 51.5. The Bertz CT molecular complexity index is 6080. The van der Waals surface area contributed by atoms with E-state index in [2.05, 4.69) is 360 Å². The van der Waals surface area contributed by atoms with Gasteiger partial charge in [-0.25, -0.2) is 0 Å². The van der Waals surface area contributed by atoms with Crippen LogP contribution in [0.5, 0.6) is 0 Å². The zero-order valence-electron chi connectivity index (χ0n) is 51.5. The third-order valence-corrected chi connectivity index (χ3v) is 20.2. The van der Waals surface area contributed by atoms with Crippen LogP contribution in [0.15, 0.2) is 328 Å². The molecule has 0 aliphatic heterocycles. The minimum Gasteiger partial charge on any atom is -0.309 e. The molecule has 3 aromatic heterocycles. The third-order valence-electron chi connectivity index (χ3n) is 20.2. The third kappa shape index (κ3) is 8.05. The Morgan fingerprint density at radius 1 is 0.226 bits per heavy atom.